The Morgan fingerprint density at radius 2 is 2.19 bits per heavy atom. The number of rotatable bonds is 2. The number of carbonyl (C=O) groups excluding carboxylic acids is 1. The maximum Gasteiger partial charge on any atom is 0.334 e. The number of hydrogen-bond donors (Lipinski definition) is 1. The zero-order valence-corrected chi connectivity index (χ0v) is 8.71. The molecule has 16 heavy (non-hydrogen) atoms. The van der Waals surface area contributed by atoms with E-state index in [4.69, 9.17) is 9.84 Å². The summed E-state index contributed by atoms with van der Waals surface area (Å²) in [5.41, 5.74) is 0.726. The molecular weight excluding hydrogens is 210 g/mol. The molecule has 2 rings (SSSR count). The van der Waals surface area contributed by atoms with E-state index in [1.807, 2.05) is 0 Å². The van der Waals surface area contributed by atoms with Crippen molar-refractivity contribution in [1.82, 2.24) is 0 Å². The van der Waals surface area contributed by atoms with Crippen LogP contribution in [0.5, 0.6) is 5.75 Å². The van der Waals surface area contributed by atoms with Crippen LogP contribution in [0.4, 0.5) is 0 Å². The largest absolute Gasteiger partial charge is 0.508 e. The second kappa shape index (κ2) is 4.22. The number of esters is 1. The number of nitrogens with zero attached hydrogens (tertiary/aromatic N) is 1. The molecule has 5 nitrogen and oxygen atoms in total. The normalized spacial score (nSPS) is 18.8. The molecule has 0 aromatic heterocycles. The summed E-state index contributed by atoms with van der Waals surface area (Å²) in [7, 11) is 1.32. The van der Waals surface area contributed by atoms with Gasteiger partial charge >= 0.3 is 5.97 Å². The first-order valence-corrected chi connectivity index (χ1v) is 4.78. The van der Waals surface area contributed by atoms with Crippen molar-refractivity contribution in [2.45, 2.75) is 6.04 Å². The lowest BCUT2D eigenvalue weighted by Gasteiger charge is -2.00. The second-order valence-electron chi connectivity index (χ2n) is 3.33. The van der Waals surface area contributed by atoms with Gasteiger partial charge in [-0.05, 0) is 24.3 Å². The van der Waals surface area contributed by atoms with E-state index in [0.717, 1.165) is 5.56 Å². The number of carbonyl (C=O) groups is 1. The summed E-state index contributed by atoms with van der Waals surface area (Å²) in [5.74, 6) is 0.163. The third-order valence-corrected chi connectivity index (χ3v) is 2.24. The highest BCUT2D eigenvalue weighted by Crippen LogP contribution is 2.15. The van der Waals surface area contributed by atoms with Crippen molar-refractivity contribution in [3.8, 4) is 5.75 Å². The molecule has 0 radical (unpaired) electrons. The van der Waals surface area contributed by atoms with Crippen LogP contribution in [0.2, 0.25) is 0 Å². The second-order valence-corrected chi connectivity index (χ2v) is 3.33. The lowest BCUT2D eigenvalue weighted by Crippen LogP contribution is -2.21. The summed E-state index contributed by atoms with van der Waals surface area (Å²) in [6.45, 7) is 0.197. The molecule has 1 aromatic rings. The van der Waals surface area contributed by atoms with Crippen molar-refractivity contribution in [2.24, 2.45) is 4.99 Å². The summed E-state index contributed by atoms with van der Waals surface area (Å²) in [5, 5.41) is 9.12. The number of phenols is 1. The van der Waals surface area contributed by atoms with Gasteiger partial charge in [-0.15, -0.1) is 0 Å². The van der Waals surface area contributed by atoms with Crippen LogP contribution >= 0.6 is 0 Å². The maximum atomic E-state index is 11.2. The Balaban J connectivity index is 2.17. The number of hydrogen-bond acceptors (Lipinski definition) is 5. The third kappa shape index (κ3) is 1.98. The van der Waals surface area contributed by atoms with E-state index in [2.05, 4.69) is 9.73 Å². The Morgan fingerprint density at radius 3 is 2.81 bits per heavy atom. The summed E-state index contributed by atoms with van der Waals surface area (Å²) >= 11 is 0. The standard InChI is InChI=1S/C11H11NO4/c1-15-11(14)9-6-16-10(12-9)7-2-4-8(13)5-3-7/h2-5,9,13H,6H2,1H3/t9-/m1/s1. The molecule has 1 aliphatic rings. The van der Waals surface area contributed by atoms with E-state index in [-0.39, 0.29) is 12.4 Å². The summed E-state index contributed by atoms with van der Waals surface area (Å²) in [6.07, 6.45) is 0. The quantitative estimate of drug-likeness (QED) is 0.747. The van der Waals surface area contributed by atoms with Crippen LogP contribution < -0.4 is 0 Å². The molecule has 0 aliphatic carbocycles. The monoisotopic (exact) mass is 221 g/mol. The smallest absolute Gasteiger partial charge is 0.334 e. The fourth-order valence-electron chi connectivity index (χ4n) is 1.39. The van der Waals surface area contributed by atoms with Gasteiger partial charge in [0, 0.05) is 5.56 Å². The van der Waals surface area contributed by atoms with Gasteiger partial charge in [-0.1, -0.05) is 0 Å². The van der Waals surface area contributed by atoms with Crippen molar-refractivity contribution in [2.75, 3.05) is 13.7 Å². The van der Waals surface area contributed by atoms with Crippen LogP contribution in [0.1, 0.15) is 5.56 Å². The maximum absolute atomic E-state index is 11.2. The molecule has 1 heterocycles. The van der Waals surface area contributed by atoms with Crippen molar-refractivity contribution in [1.29, 1.82) is 0 Å². The van der Waals surface area contributed by atoms with E-state index in [1.54, 1.807) is 12.1 Å². The highest BCUT2D eigenvalue weighted by molar-refractivity contribution is 5.97. The van der Waals surface area contributed by atoms with E-state index < -0.39 is 12.0 Å². The molecule has 1 N–H and O–H groups in total. The molecule has 0 fully saturated rings. The lowest BCUT2D eigenvalue weighted by atomic mass is 10.2. The SMILES string of the molecule is COC(=O)[C@H]1COC(c2ccc(O)cc2)=N1. The van der Waals surface area contributed by atoms with Gasteiger partial charge in [-0.3, -0.25) is 0 Å². The topological polar surface area (TPSA) is 68.1 Å². The Hall–Kier alpha value is -2.04. The van der Waals surface area contributed by atoms with Crippen LogP contribution in [-0.2, 0) is 14.3 Å². The Kier molecular flexibility index (Phi) is 2.76. The highest BCUT2D eigenvalue weighted by atomic mass is 16.5. The molecule has 0 bridgehead atoms. The van der Waals surface area contributed by atoms with Gasteiger partial charge in [-0.25, -0.2) is 9.79 Å². The minimum atomic E-state index is -0.589. The minimum absolute atomic E-state index is 0.173. The zero-order chi connectivity index (χ0) is 11.5. The van der Waals surface area contributed by atoms with Crippen LogP contribution in [0.15, 0.2) is 29.3 Å². The lowest BCUT2D eigenvalue weighted by molar-refractivity contribution is -0.142. The van der Waals surface area contributed by atoms with Gasteiger partial charge in [0.15, 0.2) is 6.04 Å². The molecule has 84 valence electrons. The predicted molar refractivity (Wildman–Crippen MR) is 56.4 cm³/mol. The molecule has 0 amide bonds. The molecule has 0 saturated carbocycles. The molecule has 0 unspecified atom stereocenters. The van der Waals surface area contributed by atoms with Crippen LogP contribution in [0.3, 0.4) is 0 Å². The Labute approximate surface area is 92.3 Å². The van der Waals surface area contributed by atoms with Crippen LogP contribution in [0, 0.1) is 0 Å². The van der Waals surface area contributed by atoms with Crippen molar-refractivity contribution >= 4 is 11.9 Å². The van der Waals surface area contributed by atoms with Gasteiger partial charge in [0.1, 0.15) is 12.4 Å². The fraction of sp³-hybridized carbons (Fsp3) is 0.273. The molecule has 1 atom stereocenters. The van der Waals surface area contributed by atoms with Crippen molar-refractivity contribution in [3.05, 3.63) is 29.8 Å². The number of ether oxygens (including phenoxy) is 2. The molecule has 1 aliphatic heterocycles. The van der Waals surface area contributed by atoms with Crippen molar-refractivity contribution in [3.63, 3.8) is 0 Å². The third-order valence-electron chi connectivity index (χ3n) is 2.24. The Bertz CT molecular complexity index is 424. The van der Waals surface area contributed by atoms with Crippen molar-refractivity contribution < 1.29 is 19.4 Å². The number of methoxy groups -OCH3 is 1. The summed E-state index contributed by atoms with van der Waals surface area (Å²) in [4.78, 5) is 15.3. The number of aliphatic imine (C=N–C) groups is 1. The summed E-state index contributed by atoms with van der Waals surface area (Å²) in [6, 6.07) is 5.83. The van der Waals surface area contributed by atoms with Gasteiger partial charge < -0.3 is 14.6 Å². The predicted octanol–water partition coefficient (Wildman–Crippen LogP) is 0.711. The van der Waals surface area contributed by atoms with Crippen LogP contribution in [0.25, 0.3) is 0 Å². The molecule has 0 saturated heterocycles. The Morgan fingerprint density at radius 1 is 1.50 bits per heavy atom. The number of phenolic OH excluding ortho intramolecular Hbond substituents is 1. The molecular formula is C11H11NO4. The first-order valence-electron chi connectivity index (χ1n) is 4.78. The number of benzene rings is 1. The van der Waals surface area contributed by atoms with E-state index in [0.29, 0.717) is 5.90 Å². The number of aromatic hydroxyl groups is 1. The van der Waals surface area contributed by atoms with Gasteiger partial charge in [0.25, 0.3) is 0 Å². The summed E-state index contributed by atoms with van der Waals surface area (Å²) < 4.78 is 9.85. The first-order chi connectivity index (χ1) is 7.70. The highest BCUT2D eigenvalue weighted by Gasteiger charge is 2.27. The van der Waals surface area contributed by atoms with E-state index in [1.165, 1.54) is 19.2 Å². The average Bonchev–Trinajstić information content (AvgIpc) is 2.78. The fourth-order valence-corrected chi connectivity index (χ4v) is 1.39. The molecule has 0 spiro atoms. The first kappa shape index (κ1) is 10.5. The molecule has 5 heteroatoms. The minimum Gasteiger partial charge on any atom is -0.508 e. The average molecular weight is 221 g/mol. The van der Waals surface area contributed by atoms with Gasteiger partial charge in [0.2, 0.25) is 5.90 Å². The van der Waals surface area contributed by atoms with Crippen LogP contribution in [-0.4, -0.2) is 36.7 Å². The van der Waals surface area contributed by atoms with E-state index in [9.17, 15) is 4.79 Å². The molecule has 1 aromatic carbocycles. The van der Waals surface area contributed by atoms with Gasteiger partial charge in [0.05, 0.1) is 7.11 Å². The van der Waals surface area contributed by atoms with E-state index >= 15 is 0 Å². The van der Waals surface area contributed by atoms with Gasteiger partial charge in [-0.2, -0.15) is 0 Å². The zero-order valence-electron chi connectivity index (χ0n) is 8.71.